The summed E-state index contributed by atoms with van der Waals surface area (Å²) in [5.41, 5.74) is 0.832. The number of benzene rings is 1. The van der Waals surface area contributed by atoms with Crippen molar-refractivity contribution in [1.29, 1.82) is 0 Å². The Morgan fingerprint density at radius 1 is 1.31 bits per heavy atom. The van der Waals surface area contributed by atoms with Crippen LogP contribution in [-0.4, -0.2) is 47.5 Å². The average molecular weight is 372 g/mol. The molecule has 3 heterocycles. The predicted octanol–water partition coefficient (Wildman–Crippen LogP) is 1.99. The Morgan fingerprint density at radius 3 is 2.88 bits per heavy atom. The van der Waals surface area contributed by atoms with Gasteiger partial charge in [-0.25, -0.2) is 0 Å². The second-order valence-corrected chi connectivity index (χ2v) is 7.01. The van der Waals surface area contributed by atoms with Gasteiger partial charge in [-0.3, -0.25) is 14.6 Å². The maximum atomic E-state index is 12.8. The van der Waals surface area contributed by atoms with Crippen LogP contribution in [-0.2, 0) is 15.1 Å². The molecule has 0 aliphatic carbocycles. The van der Waals surface area contributed by atoms with E-state index in [1.54, 1.807) is 11.0 Å². The van der Waals surface area contributed by atoms with E-state index < -0.39 is 5.54 Å². The summed E-state index contributed by atoms with van der Waals surface area (Å²) in [5, 5.41) is 3.54. The molecule has 7 heteroatoms. The minimum Gasteiger partial charge on any atom is -0.364 e. The Hall–Kier alpha value is -2.44. The van der Waals surface area contributed by atoms with Crippen LogP contribution in [0.15, 0.2) is 48.8 Å². The molecule has 2 aliphatic heterocycles. The van der Waals surface area contributed by atoms with Crippen molar-refractivity contribution in [2.24, 2.45) is 0 Å². The van der Waals surface area contributed by atoms with Gasteiger partial charge in [0, 0.05) is 25.5 Å². The number of amides is 2. The van der Waals surface area contributed by atoms with Gasteiger partial charge in [0.2, 0.25) is 5.91 Å². The molecule has 2 atom stereocenters. The van der Waals surface area contributed by atoms with E-state index in [0.717, 1.165) is 5.56 Å². The van der Waals surface area contributed by atoms with Crippen LogP contribution >= 0.6 is 11.6 Å². The summed E-state index contributed by atoms with van der Waals surface area (Å²) in [6.07, 6.45) is 3.27. The Kier molecular flexibility index (Phi) is 4.38. The summed E-state index contributed by atoms with van der Waals surface area (Å²) >= 11 is 5.95. The van der Waals surface area contributed by atoms with Crippen molar-refractivity contribution < 1.29 is 14.3 Å². The number of carbonyl (C=O) groups excluding carboxylic acids is 2. The number of rotatable bonds is 2. The average Bonchev–Trinajstić information content (AvgIpc) is 2.67. The van der Waals surface area contributed by atoms with Crippen molar-refractivity contribution in [1.82, 2.24) is 15.2 Å². The standard InChI is InChI=1S/C19H18ClN3O3/c20-15-8-13(9-21-10-15)18(25)23-7-6-19(14-4-2-1-3-5-14)16(11-23)26-12-17(24)22-19/h1-5,8-10,16H,6-7,11-12H2,(H,22,24)/t16-,19+/m1/s1. The maximum absolute atomic E-state index is 12.8. The highest BCUT2D eigenvalue weighted by molar-refractivity contribution is 6.30. The lowest BCUT2D eigenvalue weighted by Crippen LogP contribution is -2.67. The normalized spacial score (nSPS) is 25.3. The monoisotopic (exact) mass is 371 g/mol. The van der Waals surface area contributed by atoms with E-state index >= 15 is 0 Å². The van der Waals surface area contributed by atoms with Crippen LogP contribution < -0.4 is 5.32 Å². The highest BCUT2D eigenvalue weighted by atomic mass is 35.5. The third-order valence-corrected chi connectivity index (χ3v) is 5.22. The van der Waals surface area contributed by atoms with Crippen LogP contribution in [0.4, 0.5) is 0 Å². The number of nitrogens with zero attached hydrogens (tertiary/aromatic N) is 2. The van der Waals surface area contributed by atoms with Gasteiger partial charge in [0.05, 0.1) is 16.1 Å². The number of pyridine rings is 1. The van der Waals surface area contributed by atoms with Gasteiger partial charge in [0.15, 0.2) is 0 Å². The Bertz CT molecular complexity index is 845. The lowest BCUT2D eigenvalue weighted by Gasteiger charge is -2.50. The smallest absolute Gasteiger partial charge is 0.255 e. The van der Waals surface area contributed by atoms with Gasteiger partial charge in [-0.1, -0.05) is 41.9 Å². The van der Waals surface area contributed by atoms with Crippen molar-refractivity contribution in [3.05, 3.63) is 64.9 Å². The van der Waals surface area contributed by atoms with Crippen molar-refractivity contribution in [3.8, 4) is 0 Å². The van der Waals surface area contributed by atoms with Gasteiger partial charge < -0.3 is 15.0 Å². The number of piperidine rings is 1. The highest BCUT2D eigenvalue weighted by Crippen LogP contribution is 2.37. The molecule has 1 aromatic heterocycles. The number of fused-ring (bicyclic) bond motifs is 1. The zero-order valence-electron chi connectivity index (χ0n) is 14.0. The fourth-order valence-corrected chi connectivity index (χ4v) is 3.93. The number of morpholine rings is 1. The van der Waals surface area contributed by atoms with Crippen molar-refractivity contribution >= 4 is 23.4 Å². The van der Waals surface area contributed by atoms with E-state index in [-0.39, 0.29) is 24.5 Å². The first-order chi connectivity index (χ1) is 12.6. The minimum absolute atomic E-state index is 0.00000139. The summed E-state index contributed by atoms with van der Waals surface area (Å²) in [6, 6.07) is 11.4. The first-order valence-electron chi connectivity index (χ1n) is 8.46. The zero-order chi connectivity index (χ0) is 18.1. The molecule has 0 unspecified atom stereocenters. The van der Waals surface area contributed by atoms with Gasteiger partial charge in [-0.2, -0.15) is 0 Å². The quantitative estimate of drug-likeness (QED) is 0.876. The van der Waals surface area contributed by atoms with Gasteiger partial charge in [0.25, 0.3) is 5.91 Å². The van der Waals surface area contributed by atoms with Gasteiger partial charge >= 0.3 is 0 Å². The van der Waals surface area contributed by atoms with E-state index in [9.17, 15) is 9.59 Å². The van der Waals surface area contributed by atoms with E-state index in [1.807, 2.05) is 30.3 Å². The van der Waals surface area contributed by atoms with Crippen LogP contribution in [0, 0.1) is 0 Å². The SMILES string of the molecule is O=C1CO[C@@H]2CN(C(=O)c3cncc(Cl)c3)CC[C@@]2(c2ccccc2)N1. The Labute approximate surface area is 156 Å². The molecule has 6 nitrogen and oxygen atoms in total. The molecule has 2 aromatic rings. The lowest BCUT2D eigenvalue weighted by atomic mass is 9.77. The number of nitrogens with one attached hydrogen (secondary N) is 1. The summed E-state index contributed by atoms with van der Waals surface area (Å²) in [5.74, 6) is -0.272. The molecule has 0 bridgehead atoms. The maximum Gasteiger partial charge on any atom is 0.255 e. The van der Waals surface area contributed by atoms with Crippen molar-refractivity contribution in [2.45, 2.75) is 18.1 Å². The molecule has 0 radical (unpaired) electrons. The molecule has 2 amide bonds. The molecule has 2 saturated heterocycles. The predicted molar refractivity (Wildman–Crippen MR) is 95.8 cm³/mol. The molecule has 134 valence electrons. The topological polar surface area (TPSA) is 71.5 Å². The first kappa shape index (κ1) is 17.0. The number of hydrogen-bond donors (Lipinski definition) is 1. The molecule has 2 fully saturated rings. The summed E-state index contributed by atoms with van der Waals surface area (Å²) in [6.45, 7) is 0.890. The molecule has 0 saturated carbocycles. The number of hydrogen-bond acceptors (Lipinski definition) is 4. The molecule has 0 spiro atoms. The molecule has 1 N–H and O–H groups in total. The summed E-state index contributed by atoms with van der Waals surface area (Å²) < 4.78 is 5.84. The highest BCUT2D eigenvalue weighted by Gasteiger charge is 2.49. The van der Waals surface area contributed by atoms with Crippen molar-refractivity contribution in [3.63, 3.8) is 0 Å². The van der Waals surface area contributed by atoms with E-state index in [0.29, 0.717) is 30.1 Å². The number of aromatic nitrogens is 1. The fraction of sp³-hybridized carbons (Fsp3) is 0.316. The summed E-state index contributed by atoms with van der Waals surface area (Å²) in [4.78, 5) is 30.6. The van der Waals surface area contributed by atoms with Gasteiger partial charge in [-0.05, 0) is 18.1 Å². The molecule has 1 aromatic carbocycles. The van der Waals surface area contributed by atoms with Crippen LogP contribution in [0.5, 0.6) is 0 Å². The van der Waals surface area contributed by atoms with Gasteiger partial charge in [-0.15, -0.1) is 0 Å². The zero-order valence-corrected chi connectivity index (χ0v) is 14.8. The van der Waals surface area contributed by atoms with Gasteiger partial charge in [0.1, 0.15) is 12.7 Å². The molecular weight excluding hydrogens is 354 g/mol. The number of carbonyl (C=O) groups is 2. The van der Waals surface area contributed by atoms with E-state index in [1.165, 1.54) is 12.4 Å². The number of halogens is 1. The second kappa shape index (κ2) is 6.70. The molecular formula is C19H18ClN3O3. The Morgan fingerprint density at radius 2 is 2.12 bits per heavy atom. The molecule has 4 rings (SSSR count). The fourth-order valence-electron chi connectivity index (χ4n) is 3.75. The van der Waals surface area contributed by atoms with Crippen LogP contribution in [0.2, 0.25) is 5.02 Å². The van der Waals surface area contributed by atoms with E-state index in [4.69, 9.17) is 16.3 Å². The summed E-state index contributed by atoms with van der Waals surface area (Å²) in [7, 11) is 0. The second-order valence-electron chi connectivity index (χ2n) is 6.58. The third kappa shape index (κ3) is 2.95. The van der Waals surface area contributed by atoms with Crippen molar-refractivity contribution in [2.75, 3.05) is 19.7 Å². The molecule has 2 aliphatic rings. The Balaban J connectivity index is 1.61. The van der Waals surface area contributed by atoms with Crippen LogP contribution in [0.3, 0.4) is 0 Å². The number of likely N-dealkylation sites (tertiary alicyclic amines) is 1. The third-order valence-electron chi connectivity index (χ3n) is 5.02. The largest absolute Gasteiger partial charge is 0.364 e. The van der Waals surface area contributed by atoms with Crippen LogP contribution in [0.25, 0.3) is 0 Å². The van der Waals surface area contributed by atoms with Crippen LogP contribution in [0.1, 0.15) is 22.3 Å². The molecule has 26 heavy (non-hydrogen) atoms. The first-order valence-corrected chi connectivity index (χ1v) is 8.84. The number of ether oxygens (including phenoxy) is 1. The minimum atomic E-state index is -0.611. The van der Waals surface area contributed by atoms with E-state index in [2.05, 4.69) is 10.3 Å². The lowest BCUT2D eigenvalue weighted by molar-refractivity contribution is -0.150.